The van der Waals surface area contributed by atoms with Crippen LogP contribution in [0.25, 0.3) is 10.8 Å². The van der Waals surface area contributed by atoms with Gasteiger partial charge in [0.1, 0.15) is 5.75 Å². The number of carbonyl (C=O) groups is 2. The first-order chi connectivity index (χ1) is 13.6. The number of para-hydroxylation sites is 2. The van der Waals surface area contributed by atoms with Gasteiger partial charge in [0.25, 0.3) is 5.91 Å². The molecule has 1 aliphatic heterocycles. The van der Waals surface area contributed by atoms with Crippen molar-refractivity contribution in [3.63, 3.8) is 0 Å². The Kier molecular flexibility index (Phi) is 4.74. The minimum Gasteiger partial charge on any atom is -0.483 e. The molecule has 0 radical (unpaired) electrons. The summed E-state index contributed by atoms with van der Waals surface area (Å²) in [5.74, 6) is 0.532. The van der Waals surface area contributed by atoms with E-state index in [-0.39, 0.29) is 24.5 Å². The average Bonchev–Trinajstić information content (AvgIpc) is 2.71. The second-order valence-electron chi connectivity index (χ2n) is 7.00. The van der Waals surface area contributed by atoms with Crippen molar-refractivity contribution in [2.45, 2.75) is 19.9 Å². The molecule has 1 heterocycles. The van der Waals surface area contributed by atoms with Gasteiger partial charge >= 0.3 is 0 Å². The number of amides is 2. The number of carbonyl (C=O) groups excluding carboxylic acids is 2. The number of nitrogens with zero attached hydrogens (tertiary/aromatic N) is 2. The van der Waals surface area contributed by atoms with E-state index in [1.54, 1.807) is 16.7 Å². The molecule has 0 aliphatic carbocycles. The van der Waals surface area contributed by atoms with Gasteiger partial charge < -0.3 is 14.5 Å². The highest BCUT2D eigenvalue weighted by Crippen LogP contribution is 2.35. The first-order valence-electron chi connectivity index (χ1n) is 9.36. The van der Waals surface area contributed by atoms with E-state index in [1.807, 2.05) is 73.7 Å². The van der Waals surface area contributed by atoms with Crippen molar-refractivity contribution < 1.29 is 14.3 Å². The van der Waals surface area contributed by atoms with Crippen LogP contribution in [0.2, 0.25) is 0 Å². The minimum atomic E-state index is -0.129. The molecular formula is C23H22N2O3. The van der Waals surface area contributed by atoms with Crippen LogP contribution in [0, 0.1) is 0 Å². The molecule has 1 aliphatic rings. The van der Waals surface area contributed by atoms with Gasteiger partial charge in [-0.05, 0) is 30.5 Å². The Hall–Kier alpha value is -3.34. The SMILES string of the molecule is CC(=O)N1c2ccccc2N(C(=O)COc2cccc3ccccc23)C[C@@H]1C. The lowest BCUT2D eigenvalue weighted by atomic mass is 10.1. The molecular weight excluding hydrogens is 352 g/mol. The van der Waals surface area contributed by atoms with E-state index < -0.39 is 0 Å². The van der Waals surface area contributed by atoms with E-state index in [0.29, 0.717) is 12.3 Å². The van der Waals surface area contributed by atoms with Crippen LogP contribution in [0.5, 0.6) is 5.75 Å². The number of ether oxygens (including phenoxy) is 1. The number of hydrogen-bond acceptors (Lipinski definition) is 3. The molecule has 2 amide bonds. The van der Waals surface area contributed by atoms with E-state index in [4.69, 9.17) is 4.74 Å². The molecule has 5 heteroatoms. The molecule has 28 heavy (non-hydrogen) atoms. The lowest BCUT2D eigenvalue weighted by Crippen LogP contribution is -2.52. The van der Waals surface area contributed by atoms with Crippen LogP contribution in [-0.4, -0.2) is 31.0 Å². The van der Waals surface area contributed by atoms with Gasteiger partial charge in [0, 0.05) is 18.9 Å². The average molecular weight is 374 g/mol. The monoisotopic (exact) mass is 374 g/mol. The van der Waals surface area contributed by atoms with Gasteiger partial charge in [-0.2, -0.15) is 0 Å². The summed E-state index contributed by atoms with van der Waals surface area (Å²) in [6, 6.07) is 21.1. The fourth-order valence-corrected chi connectivity index (χ4v) is 3.83. The maximum Gasteiger partial charge on any atom is 0.265 e. The third-order valence-corrected chi connectivity index (χ3v) is 5.06. The topological polar surface area (TPSA) is 49.9 Å². The zero-order chi connectivity index (χ0) is 19.7. The van der Waals surface area contributed by atoms with Gasteiger partial charge in [-0.25, -0.2) is 0 Å². The molecule has 0 unspecified atom stereocenters. The molecule has 0 saturated heterocycles. The molecule has 0 spiro atoms. The van der Waals surface area contributed by atoms with Crippen molar-refractivity contribution in [1.82, 2.24) is 0 Å². The largest absolute Gasteiger partial charge is 0.483 e. The highest BCUT2D eigenvalue weighted by molar-refractivity contribution is 6.04. The summed E-state index contributed by atoms with van der Waals surface area (Å²) in [5.41, 5.74) is 1.49. The fourth-order valence-electron chi connectivity index (χ4n) is 3.83. The summed E-state index contributed by atoms with van der Waals surface area (Å²) in [5, 5.41) is 2.05. The normalized spacial score (nSPS) is 16.0. The third-order valence-electron chi connectivity index (χ3n) is 5.06. The molecule has 3 aromatic rings. The Morgan fingerprint density at radius 2 is 1.64 bits per heavy atom. The highest BCUT2D eigenvalue weighted by Gasteiger charge is 2.33. The quantitative estimate of drug-likeness (QED) is 0.696. The lowest BCUT2D eigenvalue weighted by molar-refractivity contribution is -0.121. The second kappa shape index (κ2) is 7.35. The molecule has 0 aromatic heterocycles. The first-order valence-corrected chi connectivity index (χ1v) is 9.36. The van der Waals surface area contributed by atoms with Crippen LogP contribution in [0.3, 0.4) is 0 Å². The van der Waals surface area contributed by atoms with Crippen LogP contribution in [0.1, 0.15) is 13.8 Å². The summed E-state index contributed by atoms with van der Waals surface area (Å²) in [6.45, 7) is 3.88. The van der Waals surface area contributed by atoms with Gasteiger partial charge in [-0.15, -0.1) is 0 Å². The predicted molar refractivity (Wildman–Crippen MR) is 111 cm³/mol. The maximum atomic E-state index is 13.0. The number of rotatable bonds is 3. The highest BCUT2D eigenvalue weighted by atomic mass is 16.5. The number of fused-ring (bicyclic) bond motifs is 2. The van der Waals surface area contributed by atoms with Gasteiger partial charge in [-0.3, -0.25) is 9.59 Å². The molecule has 1 atom stereocenters. The van der Waals surface area contributed by atoms with Gasteiger partial charge in [0.2, 0.25) is 5.91 Å². The molecule has 4 rings (SSSR count). The summed E-state index contributed by atoms with van der Waals surface area (Å²) in [4.78, 5) is 28.5. The van der Waals surface area contributed by atoms with Gasteiger partial charge in [0.05, 0.1) is 17.4 Å². The lowest BCUT2D eigenvalue weighted by Gasteiger charge is -2.40. The summed E-state index contributed by atoms with van der Waals surface area (Å²) in [7, 11) is 0. The summed E-state index contributed by atoms with van der Waals surface area (Å²) < 4.78 is 5.89. The third kappa shape index (κ3) is 3.20. The fraction of sp³-hybridized carbons (Fsp3) is 0.217. The number of benzene rings is 3. The number of hydrogen-bond donors (Lipinski definition) is 0. The molecule has 3 aromatic carbocycles. The molecule has 142 valence electrons. The zero-order valence-electron chi connectivity index (χ0n) is 16.0. The van der Waals surface area contributed by atoms with E-state index in [2.05, 4.69) is 0 Å². The smallest absolute Gasteiger partial charge is 0.265 e. The van der Waals surface area contributed by atoms with Crippen molar-refractivity contribution in [3.05, 3.63) is 66.7 Å². The summed E-state index contributed by atoms with van der Waals surface area (Å²) >= 11 is 0. The molecule has 0 saturated carbocycles. The van der Waals surface area contributed by atoms with E-state index in [0.717, 1.165) is 22.1 Å². The zero-order valence-corrected chi connectivity index (χ0v) is 16.0. The van der Waals surface area contributed by atoms with Crippen molar-refractivity contribution in [2.24, 2.45) is 0 Å². The first kappa shape index (κ1) is 18.0. The summed E-state index contributed by atoms with van der Waals surface area (Å²) in [6.07, 6.45) is 0. The van der Waals surface area contributed by atoms with E-state index in [9.17, 15) is 9.59 Å². The van der Waals surface area contributed by atoms with Crippen molar-refractivity contribution >= 4 is 34.0 Å². The van der Waals surface area contributed by atoms with Crippen molar-refractivity contribution in [2.75, 3.05) is 23.0 Å². The van der Waals surface area contributed by atoms with E-state index in [1.165, 1.54) is 0 Å². The maximum absolute atomic E-state index is 13.0. The number of anilines is 2. The Labute approximate surface area is 164 Å². The molecule has 5 nitrogen and oxygen atoms in total. The Bertz CT molecular complexity index is 1040. The van der Waals surface area contributed by atoms with Crippen LogP contribution < -0.4 is 14.5 Å². The molecule has 0 bridgehead atoms. The van der Waals surface area contributed by atoms with Crippen molar-refractivity contribution in [1.29, 1.82) is 0 Å². The van der Waals surface area contributed by atoms with Crippen molar-refractivity contribution in [3.8, 4) is 5.75 Å². The molecule has 0 fully saturated rings. The molecule has 0 N–H and O–H groups in total. The predicted octanol–water partition coefficient (Wildman–Crippen LogP) is 4.01. The Balaban J connectivity index is 1.58. The standard InChI is InChI=1S/C23H22N2O3/c1-16-14-24(20-11-5-6-12-21(20)25(16)17(2)26)23(27)15-28-22-13-7-9-18-8-3-4-10-19(18)22/h3-13,16H,14-15H2,1-2H3/t16-/m0/s1. The second-order valence-corrected chi connectivity index (χ2v) is 7.00. The minimum absolute atomic E-state index is 0.0287. The van der Waals surface area contributed by atoms with Crippen LogP contribution >= 0.6 is 0 Å². The Morgan fingerprint density at radius 1 is 0.964 bits per heavy atom. The van der Waals surface area contributed by atoms with Gasteiger partial charge in [-0.1, -0.05) is 48.5 Å². The van der Waals surface area contributed by atoms with Crippen LogP contribution in [-0.2, 0) is 9.59 Å². The van der Waals surface area contributed by atoms with E-state index >= 15 is 0 Å². The van der Waals surface area contributed by atoms with Crippen LogP contribution in [0.4, 0.5) is 11.4 Å². The Morgan fingerprint density at radius 3 is 2.43 bits per heavy atom. The van der Waals surface area contributed by atoms with Crippen LogP contribution in [0.15, 0.2) is 66.7 Å². The van der Waals surface area contributed by atoms with Gasteiger partial charge in [0.15, 0.2) is 6.61 Å².